The van der Waals surface area contributed by atoms with Gasteiger partial charge in [0.15, 0.2) is 6.29 Å². The van der Waals surface area contributed by atoms with Gasteiger partial charge < -0.3 is 15.1 Å². The molecular formula is C37H43N3. The van der Waals surface area contributed by atoms with Crippen molar-refractivity contribution in [3.05, 3.63) is 118 Å². The maximum Gasteiger partial charge on any atom is 0.179 e. The van der Waals surface area contributed by atoms with Gasteiger partial charge in [-0.15, -0.1) is 0 Å². The van der Waals surface area contributed by atoms with Crippen molar-refractivity contribution in [1.82, 2.24) is 15.1 Å². The SMILES string of the molecule is C1=CCCC(C2=CC(C3=CCCC=C3)=CC(C3=CC(N4C5C=CCCC5N5C6=C(CCCC6)NC45)=CCC3)C2)=C1. The first-order chi connectivity index (χ1) is 19.8. The standard InChI is InChI=1S/C37H43N3/c1-3-12-26(13-4-1)29-22-30(27-14-5-2-6-15-27)24-31(23-29)28-16-11-17-32(25-28)39-35-20-9-10-21-36(35)40-34-19-8-7-18-33(34)38-37(39)40/h1,3,5,9,12,14-15,17,20,22,24-25,31,35-38H,2,4,6-8,10-11,13,16,18-19,21,23H2. The molecular weight excluding hydrogens is 486 g/mol. The van der Waals surface area contributed by atoms with Crippen molar-refractivity contribution < 1.29 is 0 Å². The Kier molecular flexibility index (Phi) is 6.35. The second kappa shape index (κ2) is 10.3. The molecule has 3 heteroatoms. The van der Waals surface area contributed by atoms with Crippen molar-refractivity contribution in [3.63, 3.8) is 0 Å². The summed E-state index contributed by atoms with van der Waals surface area (Å²) in [5, 5.41) is 4.03. The first-order valence-corrected chi connectivity index (χ1v) is 16.1. The van der Waals surface area contributed by atoms with Crippen LogP contribution in [-0.2, 0) is 0 Å². The molecule has 0 saturated carbocycles. The van der Waals surface area contributed by atoms with Gasteiger partial charge >= 0.3 is 0 Å². The van der Waals surface area contributed by atoms with E-state index in [1.54, 1.807) is 22.4 Å². The Balaban J connectivity index is 1.13. The largest absolute Gasteiger partial charge is 0.350 e. The first kappa shape index (κ1) is 24.6. The van der Waals surface area contributed by atoms with Crippen LogP contribution in [0.15, 0.2) is 118 Å². The van der Waals surface area contributed by atoms with E-state index in [-0.39, 0.29) is 6.29 Å². The minimum Gasteiger partial charge on any atom is -0.350 e. The van der Waals surface area contributed by atoms with Gasteiger partial charge in [0.1, 0.15) is 0 Å². The molecule has 3 nitrogen and oxygen atoms in total. The zero-order valence-corrected chi connectivity index (χ0v) is 23.8. The van der Waals surface area contributed by atoms with Gasteiger partial charge in [0.2, 0.25) is 0 Å². The summed E-state index contributed by atoms with van der Waals surface area (Å²) in [7, 11) is 0. The van der Waals surface area contributed by atoms with Crippen LogP contribution in [0.1, 0.15) is 83.5 Å². The van der Waals surface area contributed by atoms with E-state index >= 15 is 0 Å². The molecule has 0 aromatic heterocycles. The van der Waals surface area contributed by atoms with Gasteiger partial charge in [-0.2, -0.15) is 0 Å². The highest BCUT2D eigenvalue weighted by atomic mass is 15.6. The van der Waals surface area contributed by atoms with E-state index in [0.29, 0.717) is 18.0 Å². The molecule has 0 spiro atoms. The van der Waals surface area contributed by atoms with Crippen LogP contribution in [-0.4, -0.2) is 28.2 Å². The molecule has 2 aliphatic heterocycles. The molecule has 0 radical (unpaired) electrons. The predicted molar refractivity (Wildman–Crippen MR) is 165 cm³/mol. The van der Waals surface area contributed by atoms with E-state index in [2.05, 4.69) is 88.0 Å². The van der Waals surface area contributed by atoms with Crippen LogP contribution in [0.5, 0.6) is 0 Å². The number of hydrogen-bond acceptors (Lipinski definition) is 3. The predicted octanol–water partition coefficient (Wildman–Crippen LogP) is 8.39. The second-order valence-electron chi connectivity index (χ2n) is 12.8. The summed E-state index contributed by atoms with van der Waals surface area (Å²) < 4.78 is 0. The van der Waals surface area contributed by atoms with Crippen molar-refractivity contribution in [2.24, 2.45) is 5.92 Å². The third-order valence-corrected chi connectivity index (χ3v) is 10.4. The summed E-state index contributed by atoms with van der Waals surface area (Å²) in [4.78, 5) is 5.55. The molecule has 1 saturated heterocycles. The molecule has 1 N–H and O–H groups in total. The Hall–Kier alpha value is -3.20. The minimum atomic E-state index is 0.285. The summed E-state index contributed by atoms with van der Waals surface area (Å²) in [6, 6.07) is 1.06. The Morgan fingerprint density at radius 1 is 0.775 bits per heavy atom. The van der Waals surface area contributed by atoms with Crippen LogP contribution >= 0.6 is 0 Å². The molecule has 0 aromatic carbocycles. The van der Waals surface area contributed by atoms with Gasteiger partial charge in [0, 0.05) is 23.0 Å². The Morgan fingerprint density at radius 2 is 1.75 bits per heavy atom. The maximum absolute atomic E-state index is 4.03. The summed E-state index contributed by atoms with van der Waals surface area (Å²) in [6.45, 7) is 0. The minimum absolute atomic E-state index is 0.285. The highest BCUT2D eigenvalue weighted by molar-refractivity contribution is 5.56. The lowest BCUT2D eigenvalue weighted by atomic mass is 9.77. The van der Waals surface area contributed by atoms with E-state index in [9.17, 15) is 0 Å². The molecule has 0 bridgehead atoms. The average molecular weight is 530 g/mol. The molecule has 8 rings (SSSR count). The van der Waals surface area contributed by atoms with E-state index in [1.165, 1.54) is 86.7 Å². The van der Waals surface area contributed by atoms with E-state index < -0.39 is 0 Å². The van der Waals surface area contributed by atoms with E-state index in [1.807, 2.05) is 0 Å². The monoisotopic (exact) mass is 529 g/mol. The van der Waals surface area contributed by atoms with Gasteiger partial charge in [0.05, 0.1) is 12.1 Å². The Morgan fingerprint density at radius 3 is 2.65 bits per heavy atom. The van der Waals surface area contributed by atoms with Crippen LogP contribution in [0.3, 0.4) is 0 Å². The van der Waals surface area contributed by atoms with E-state index in [0.717, 1.165) is 19.3 Å². The molecule has 8 aliphatic rings. The fraction of sp³-hybridized carbons (Fsp3) is 0.459. The molecule has 40 heavy (non-hydrogen) atoms. The van der Waals surface area contributed by atoms with Gasteiger partial charge in [-0.25, -0.2) is 0 Å². The lowest BCUT2D eigenvalue weighted by Crippen LogP contribution is -2.44. The van der Waals surface area contributed by atoms with Crippen LogP contribution < -0.4 is 5.32 Å². The van der Waals surface area contributed by atoms with Crippen molar-refractivity contribution in [2.75, 3.05) is 0 Å². The summed E-state index contributed by atoms with van der Waals surface area (Å²) in [6.07, 6.45) is 45.4. The van der Waals surface area contributed by atoms with E-state index in [4.69, 9.17) is 0 Å². The molecule has 206 valence electrons. The normalized spacial score (nSPS) is 32.8. The van der Waals surface area contributed by atoms with Gasteiger partial charge in [0.25, 0.3) is 0 Å². The molecule has 0 aromatic rings. The quantitative estimate of drug-likeness (QED) is 0.369. The van der Waals surface area contributed by atoms with Crippen molar-refractivity contribution in [3.8, 4) is 0 Å². The zero-order valence-electron chi connectivity index (χ0n) is 23.8. The average Bonchev–Trinajstić information content (AvgIpc) is 3.56. The van der Waals surface area contributed by atoms with Crippen LogP contribution in [0.2, 0.25) is 0 Å². The van der Waals surface area contributed by atoms with Crippen LogP contribution in [0, 0.1) is 5.92 Å². The van der Waals surface area contributed by atoms with Gasteiger partial charge in [-0.1, -0.05) is 72.4 Å². The van der Waals surface area contributed by atoms with Crippen LogP contribution in [0.4, 0.5) is 0 Å². The number of hydrogen-bond donors (Lipinski definition) is 1. The molecule has 4 atom stereocenters. The molecule has 4 unspecified atom stereocenters. The number of nitrogens with one attached hydrogen (secondary N) is 1. The Bertz CT molecular complexity index is 1390. The third-order valence-electron chi connectivity index (χ3n) is 10.4. The fourth-order valence-corrected chi connectivity index (χ4v) is 8.47. The number of fused-ring (bicyclic) bond motifs is 4. The first-order valence-electron chi connectivity index (χ1n) is 16.1. The van der Waals surface area contributed by atoms with Crippen molar-refractivity contribution >= 4 is 0 Å². The van der Waals surface area contributed by atoms with Crippen molar-refractivity contribution in [1.29, 1.82) is 0 Å². The van der Waals surface area contributed by atoms with Crippen molar-refractivity contribution in [2.45, 2.75) is 102 Å². The maximum atomic E-state index is 4.03. The lowest BCUT2D eigenvalue weighted by molar-refractivity contribution is 0.177. The summed E-state index contributed by atoms with van der Waals surface area (Å²) in [5.74, 6) is 0.473. The number of allylic oxidation sites excluding steroid dienone is 18. The second-order valence-corrected chi connectivity index (χ2v) is 12.8. The van der Waals surface area contributed by atoms with Gasteiger partial charge in [-0.3, -0.25) is 0 Å². The molecule has 6 aliphatic carbocycles. The molecule has 2 heterocycles. The topological polar surface area (TPSA) is 18.5 Å². The molecule has 1 fully saturated rings. The zero-order chi connectivity index (χ0) is 26.5. The lowest BCUT2D eigenvalue weighted by Gasteiger charge is -2.35. The summed E-state index contributed by atoms with van der Waals surface area (Å²) in [5.41, 5.74) is 12.2. The highest BCUT2D eigenvalue weighted by Crippen LogP contribution is 2.47. The smallest absolute Gasteiger partial charge is 0.179 e. The van der Waals surface area contributed by atoms with Gasteiger partial charge in [-0.05, 0) is 112 Å². The van der Waals surface area contributed by atoms with Crippen LogP contribution in [0.25, 0.3) is 0 Å². The third kappa shape index (κ3) is 4.24. The Labute approximate surface area is 240 Å². The number of rotatable bonds is 4. The fourth-order valence-electron chi connectivity index (χ4n) is 8.47. The molecule has 0 amide bonds. The highest BCUT2D eigenvalue weighted by Gasteiger charge is 2.51. The summed E-state index contributed by atoms with van der Waals surface area (Å²) >= 11 is 0. The number of nitrogens with zero attached hydrogens (tertiary/aromatic N) is 2.